The molecule has 74 valence electrons. The van der Waals surface area contributed by atoms with E-state index in [-0.39, 0.29) is 0 Å². The van der Waals surface area contributed by atoms with Gasteiger partial charge in [0.25, 0.3) is 0 Å². The van der Waals surface area contributed by atoms with Gasteiger partial charge in [-0.25, -0.2) is 4.98 Å². The number of aromatic nitrogens is 1. The van der Waals surface area contributed by atoms with Crippen LogP contribution >= 0.6 is 0 Å². The average Bonchev–Trinajstić information content (AvgIpc) is 2.29. The van der Waals surface area contributed by atoms with Crippen LogP contribution in [0.15, 0.2) is 23.4 Å². The Kier molecular flexibility index (Phi) is 4.44. The number of nitrogens with zero attached hydrogens (tertiary/aromatic N) is 4. The van der Waals surface area contributed by atoms with Crippen molar-refractivity contribution in [1.29, 1.82) is 0 Å². The van der Waals surface area contributed by atoms with Gasteiger partial charge in [-0.3, -0.25) is 4.79 Å². The van der Waals surface area contributed by atoms with Gasteiger partial charge in [0.05, 0.1) is 0 Å². The first kappa shape index (κ1) is 10.8. The SMILES string of the molecule is [N-]=[N+]=NCCC#Cc1cc(C=O)ccn1. The normalized spacial score (nSPS) is 8.27. The Labute approximate surface area is 86.8 Å². The highest BCUT2D eigenvalue weighted by atomic mass is 16.1. The van der Waals surface area contributed by atoms with Gasteiger partial charge in [0.1, 0.15) is 12.0 Å². The van der Waals surface area contributed by atoms with E-state index in [9.17, 15) is 4.79 Å². The summed E-state index contributed by atoms with van der Waals surface area (Å²) in [6.45, 7) is 0.344. The maximum atomic E-state index is 10.4. The van der Waals surface area contributed by atoms with Crippen LogP contribution in [0.25, 0.3) is 10.4 Å². The second-order valence-corrected chi connectivity index (χ2v) is 2.60. The van der Waals surface area contributed by atoms with Crippen LogP contribution in [0, 0.1) is 11.8 Å². The molecular weight excluding hydrogens is 192 g/mol. The van der Waals surface area contributed by atoms with Gasteiger partial charge < -0.3 is 0 Å². The summed E-state index contributed by atoms with van der Waals surface area (Å²) in [4.78, 5) is 17.0. The summed E-state index contributed by atoms with van der Waals surface area (Å²) in [6, 6.07) is 3.21. The Bertz CT molecular complexity index is 452. The number of hydrogen-bond acceptors (Lipinski definition) is 3. The largest absolute Gasteiger partial charge is 0.298 e. The Balaban J connectivity index is 2.62. The number of pyridine rings is 1. The van der Waals surface area contributed by atoms with Gasteiger partial charge in [0, 0.05) is 29.6 Å². The minimum Gasteiger partial charge on any atom is -0.298 e. The van der Waals surface area contributed by atoms with Crippen LogP contribution < -0.4 is 0 Å². The lowest BCUT2D eigenvalue weighted by Crippen LogP contribution is -1.86. The molecule has 15 heavy (non-hydrogen) atoms. The molecule has 5 heteroatoms. The van der Waals surface area contributed by atoms with E-state index in [1.54, 1.807) is 12.1 Å². The van der Waals surface area contributed by atoms with Crippen LogP contribution in [0.4, 0.5) is 0 Å². The molecule has 0 aliphatic carbocycles. The van der Waals surface area contributed by atoms with Crippen molar-refractivity contribution in [2.24, 2.45) is 5.11 Å². The van der Waals surface area contributed by atoms with E-state index in [2.05, 4.69) is 26.9 Å². The number of azide groups is 1. The lowest BCUT2D eigenvalue weighted by atomic mass is 10.2. The topological polar surface area (TPSA) is 78.7 Å². The second-order valence-electron chi connectivity index (χ2n) is 2.60. The minimum absolute atomic E-state index is 0.344. The van der Waals surface area contributed by atoms with Gasteiger partial charge in [-0.15, -0.1) is 0 Å². The lowest BCUT2D eigenvalue weighted by molar-refractivity contribution is 0.112. The molecule has 0 unspecified atom stereocenters. The summed E-state index contributed by atoms with van der Waals surface area (Å²) >= 11 is 0. The van der Waals surface area contributed by atoms with Crippen molar-refractivity contribution < 1.29 is 4.79 Å². The van der Waals surface area contributed by atoms with Crippen molar-refractivity contribution in [1.82, 2.24) is 4.98 Å². The summed E-state index contributed by atoms with van der Waals surface area (Å²) in [5, 5.41) is 3.34. The molecule has 0 radical (unpaired) electrons. The third-order valence-corrected chi connectivity index (χ3v) is 1.54. The van der Waals surface area contributed by atoms with Crippen molar-refractivity contribution in [3.8, 4) is 11.8 Å². The number of carbonyl (C=O) groups is 1. The molecule has 1 aromatic rings. The Morgan fingerprint density at radius 1 is 1.67 bits per heavy atom. The van der Waals surface area contributed by atoms with Crippen molar-refractivity contribution in [3.05, 3.63) is 40.0 Å². The third-order valence-electron chi connectivity index (χ3n) is 1.54. The minimum atomic E-state index is 0.344. The van der Waals surface area contributed by atoms with E-state index < -0.39 is 0 Å². The highest BCUT2D eigenvalue weighted by Crippen LogP contribution is 1.97. The zero-order valence-corrected chi connectivity index (χ0v) is 7.92. The molecule has 1 rings (SSSR count). The second kappa shape index (κ2) is 6.19. The molecule has 0 saturated heterocycles. The molecule has 0 spiro atoms. The molecule has 0 amide bonds. The number of carbonyl (C=O) groups excluding carboxylic acids is 1. The first-order valence-corrected chi connectivity index (χ1v) is 4.28. The monoisotopic (exact) mass is 200 g/mol. The Morgan fingerprint density at radius 3 is 3.27 bits per heavy atom. The molecule has 0 atom stereocenters. The smallest absolute Gasteiger partial charge is 0.150 e. The summed E-state index contributed by atoms with van der Waals surface area (Å²) in [5.74, 6) is 5.57. The van der Waals surface area contributed by atoms with E-state index in [1.807, 2.05) is 0 Å². The predicted octanol–water partition coefficient (Wildman–Crippen LogP) is 1.95. The van der Waals surface area contributed by atoms with Crippen molar-refractivity contribution in [2.45, 2.75) is 6.42 Å². The maximum absolute atomic E-state index is 10.4. The van der Waals surface area contributed by atoms with Crippen LogP contribution in [0.3, 0.4) is 0 Å². The van der Waals surface area contributed by atoms with Crippen LogP contribution in [0.5, 0.6) is 0 Å². The van der Waals surface area contributed by atoms with E-state index >= 15 is 0 Å². The zero-order valence-electron chi connectivity index (χ0n) is 7.92. The van der Waals surface area contributed by atoms with Gasteiger partial charge in [-0.05, 0) is 23.6 Å². The van der Waals surface area contributed by atoms with Crippen LogP contribution in [-0.4, -0.2) is 17.8 Å². The van der Waals surface area contributed by atoms with E-state index in [4.69, 9.17) is 5.53 Å². The Morgan fingerprint density at radius 2 is 2.53 bits per heavy atom. The summed E-state index contributed by atoms with van der Waals surface area (Å²) in [5.41, 5.74) is 9.10. The van der Waals surface area contributed by atoms with Crippen molar-refractivity contribution >= 4 is 6.29 Å². The van der Waals surface area contributed by atoms with Crippen molar-refractivity contribution in [3.63, 3.8) is 0 Å². The molecule has 0 bridgehead atoms. The fraction of sp³-hybridized carbons (Fsp3) is 0.200. The number of aldehydes is 1. The molecule has 0 saturated carbocycles. The summed E-state index contributed by atoms with van der Waals surface area (Å²) in [7, 11) is 0. The Hall–Kier alpha value is -2.31. The first-order valence-electron chi connectivity index (χ1n) is 4.28. The van der Waals surface area contributed by atoms with Gasteiger partial charge in [0.2, 0.25) is 0 Å². The highest BCUT2D eigenvalue weighted by Gasteiger charge is 1.91. The molecule has 1 aromatic heterocycles. The van der Waals surface area contributed by atoms with E-state index in [0.29, 0.717) is 24.2 Å². The highest BCUT2D eigenvalue weighted by molar-refractivity contribution is 5.74. The maximum Gasteiger partial charge on any atom is 0.150 e. The van der Waals surface area contributed by atoms with Gasteiger partial charge in [0.15, 0.2) is 0 Å². The van der Waals surface area contributed by atoms with Crippen LogP contribution in [-0.2, 0) is 0 Å². The zero-order chi connectivity index (χ0) is 10.9. The summed E-state index contributed by atoms with van der Waals surface area (Å²) < 4.78 is 0. The summed E-state index contributed by atoms with van der Waals surface area (Å²) in [6.07, 6.45) is 2.76. The van der Waals surface area contributed by atoms with Gasteiger partial charge in [-0.2, -0.15) is 0 Å². The van der Waals surface area contributed by atoms with E-state index in [0.717, 1.165) is 6.29 Å². The number of hydrogen-bond donors (Lipinski definition) is 0. The van der Waals surface area contributed by atoms with Gasteiger partial charge in [-0.1, -0.05) is 11.0 Å². The average molecular weight is 200 g/mol. The molecule has 5 nitrogen and oxygen atoms in total. The molecule has 0 N–H and O–H groups in total. The fourth-order valence-corrected chi connectivity index (χ4v) is 0.892. The first-order chi connectivity index (χ1) is 7.36. The van der Waals surface area contributed by atoms with Crippen LogP contribution in [0.2, 0.25) is 0 Å². The molecule has 1 heterocycles. The molecule has 0 aliphatic heterocycles. The van der Waals surface area contributed by atoms with Gasteiger partial charge >= 0.3 is 0 Å². The van der Waals surface area contributed by atoms with Crippen LogP contribution in [0.1, 0.15) is 22.5 Å². The quantitative estimate of drug-likeness (QED) is 0.187. The fourth-order valence-electron chi connectivity index (χ4n) is 0.892. The lowest BCUT2D eigenvalue weighted by Gasteiger charge is -1.90. The molecule has 0 fully saturated rings. The molecule has 0 aromatic carbocycles. The standard InChI is InChI=1S/C10H8N4O/c11-14-13-5-2-1-3-10-7-9(8-15)4-6-12-10/h4,6-8H,2,5H2. The molecular formula is C10H8N4O. The van der Waals surface area contributed by atoms with E-state index in [1.165, 1.54) is 6.20 Å². The predicted molar refractivity (Wildman–Crippen MR) is 55.1 cm³/mol. The number of rotatable bonds is 3. The molecule has 0 aliphatic rings. The van der Waals surface area contributed by atoms with Crippen molar-refractivity contribution in [2.75, 3.05) is 6.54 Å². The third kappa shape index (κ3) is 3.94.